The summed E-state index contributed by atoms with van der Waals surface area (Å²) in [5.41, 5.74) is 0.0217. The Bertz CT molecular complexity index is 500. The Labute approximate surface area is 138 Å². The molecule has 5 nitrogen and oxygen atoms in total. The molecule has 0 saturated carbocycles. The van der Waals surface area contributed by atoms with Crippen LogP contribution < -0.4 is 15.4 Å². The fourth-order valence-corrected chi connectivity index (χ4v) is 1.71. The zero-order chi connectivity index (χ0) is 17.5. The maximum atomic E-state index is 12.9. The summed E-state index contributed by atoms with van der Waals surface area (Å²) in [7, 11) is 5.84. The first-order valence-corrected chi connectivity index (χ1v) is 7.79. The fraction of sp³-hybridized carbons (Fsp3) is 0.588. The van der Waals surface area contributed by atoms with Crippen LogP contribution in [0.1, 0.15) is 20.8 Å². The molecule has 6 heteroatoms. The minimum Gasteiger partial charge on any atom is -0.489 e. The minimum atomic E-state index is -0.267. The van der Waals surface area contributed by atoms with E-state index in [0.29, 0.717) is 12.3 Å². The monoisotopic (exact) mass is 324 g/mol. The van der Waals surface area contributed by atoms with E-state index in [4.69, 9.17) is 4.74 Å². The first kappa shape index (κ1) is 19.2. The summed E-state index contributed by atoms with van der Waals surface area (Å²) in [6.07, 6.45) is -0.0686. The van der Waals surface area contributed by atoms with Crippen LogP contribution in [0.4, 0.5) is 4.39 Å². The van der Waals surface area contributed by atoms with Crippen LogP contribution in [0.25, 0.3) is 0 Å². The molecule has 0 spiro atoms. The normalized spacial score (nSPS) is 13.8. The Balaban J connectivity index is 2.40. The highest BCUT2D eigenvalue weighted by Gasteiger charge is 2.20. The van der Waals surface area contributed by atoms with E-state index in [-0.39, 0.29) is 17.5 Å². The highest BCUT2D eigenvalue weighted by molar-refractivity contribution is 5.79. The van der Waals surface area contributed by atoms with Gasteiger partial charge in [0.05, 0.1) is 6.54 Å². The van der Waals surface area contributed by atoms with Gasteiger partial charge >= 0.3 is 0 Å². The van der Waals surface area contributed by atoms with Crippen molar-refractivity contribution < 1.29 is 9.13 Å². The largest absolute Gasteiger partial charge is 0.489 e. The number of guanidine groups is 1. The Morgan fingerprint density at radius 2 is 1.87 bits per heavy atom. The second kappa shape index (κ2) is 8.72. The van der Waals surface area contributed by atoms with Crippen LogP contribution in [0.3, 0.4) is 0 Å². The zero-order valence-electron chi connectivity index (χ0n) is 15.0. The second-order valence-electron chi connectivity index (χ2n) is 6.40. The van der Waals surface area contributed by atoms with Crippen molar-refractivity contribution in [2.24, 2.45) is 4.99 Å². The molecule has 2 N–H and O–H groups in total. The molecule has 0 aliphatic rings. The number of nitrogens with zero attached hydrogens (tertiary/aromatic N) is 2. The van der Waals surface area contributed by atoms with E-state index in [1.54, 1.807) is 19.2 Å². The smallest absolute Gasteiger partial charge is 0.191 e. The first-order chi connectivity index (χ1) is 10.7. The Hall–Kier alpha value is -1.82. The lowest BCUT2D eigenvalue weighted by atomic mass is 10.0. The number of aliphatic imine (C=N–C) groups is 1. The van der Waals surface area contributed by atoms with Crippen LogP contribution in [0.15, 0.2) is 29.3 Å². The number of rotatable bonds is 7. The van der Waals surface area contributed by atoms with Gasteiger partial charge in [0, 0.05) is 19.1 Å². The SMILES string of the molecule is CN=C(NCC(C)Oc1ccc(F)cc1)NCC(C)(C)N(C)C. The molecular formula is C17H29FN4O. The number of halogens is 1. The van der Waals surface area contributed by atoms with Gasteiger partial charge in [-0.1, -0.05) is 0 Å². The molecule has 0 saturated heterocycles. The van der Waals surface area contributed by atoms with Crippen molar-refractivity contribution in [2.45, 2.75) is 32.4 Å². The number of benzene rings is 1. The van der Waals surface area contributed by atoms with E-state index >= 15 is 0 Å². The van der Waals surface area contributed by atoms with Crippen LogP contribution in [-0.2, 0) is 0 Å². The lowest BCUT2D eigenvalue weighted by Crippen LogP contribution is -2.51. The van der Waals surface area contributed by atoms with Gasteiger partial charge in [-0.15, -0.1) is 0 Å². The molecule has 1 rings (SSSR count). The third kappa shape index (κ3) is 6.86. The van der Waals surface area contributed by atoms with Crippen LogP contribution in [0.2, 0.25) is 0 Å². The standard InChI is InChI=1S/C17H29FN4O/c1-13(23-15-9-7-14(18)8-10-15)11-20-16(19-4)21-12-17(2,3)22(5)6/h7-10,13H,11-12H2,1-6H3,(H2,19,20,21). The summed E-state index contributed by atoms with van der Waals surface area (Å²) in [6.45, 7) is 7.64. The van der Waals surface area contributed by atoms with Crippen molar-refractivity contribution in [3.05, 3.63) is 30.1 Å². The molecule has 1 aromatic carbocycles. The van der Waals surface area contributed by atoms with Crippen molar-refractivity contribution in [2.75, 3.05) is 34.2 Å². The summed E-state index contributed by atoms with van der Waals surface area (Å²) in [5, 5.41) is 6.54. The molecule has 0 bridgehead atoms. The lowest BCUT2D eigenvalue weighted by molar-refractivity contribution is 0.196. The first-order valence-electron chi connectivity index (χ1n) is 7.79. The predicted octanol–water partition coefficient (Wildman–Crippen LogP) is 2.10. The van der Waals surface area contributed by atoms with Crippen LogP contribution in [0, 0.1) is 5.82 Å². The molecule has 0 heterocycles. The molecular weight excluding hydrogens is 295 g/mol. The van der Waals surface area contributed by atoms with Crippen molar-refractivity contribution >= 4 is 5.96 Å². The summed E-state index contributed by atoms with van der Waals surface area (Å²) < 4.78 is 18.6. The van der Waals surface area contributed by atoms with Crippen molar-refractivity contribution in [1.82, 2.24) is 15.5 Å². The third-order valence-corrected chi connectivity index (χ3v) is 3.83. The fourth-order valence-electron chi connectivity index (χ4n) is 1.71. The summed E-state index contributed by atoms with van der Waals surface area (Å²) in [4.78, 5) is 6.37. The van der Waals surface area contributed by atoms with Gasteiger partial charge < -0.3 is 20.3 Å². The van der Waals surface area contributed by atoms with E-state index in [9.17, 15) is 4.39 Å². The molecule has 23 heavy (non-hydrogen) atoms. The van der Waals surface area contributed by atoms with Gasteiger partial charge in [-0.25, -0.2) is 4.39 Å². The lowest BCUT2D eigenvalue weighted by Gasteiger charge is -2.33. The van der Waals surface area contributed by atoms with Gasteiger partial charge in [0.1, 0.15) is 17.7 Å². The molecule has 0 fully saturated rings. The van der Waals surface area contributed by atoms with E-state index in [1.807, 2.05) is 6.92 Å². The average molecular weight is 324 g/mol. The van der Waals surface area contributed by atoms with Crippen molar-refractivity contribution in [3.8, 4) is 5.75 Å². The molecule has 0 radical (unpaired) electrons. The zero-order valence-corrected chi connectivity index (χ0v) is 15.0. The van der Waals surface area contributed by atoms with Crippen molar-refractivity contribution in [3.63, 3.8) is 0 Å². The summed E-state index contributed by atoms with van der Waals surface area (Å²) in [6, 6.07) is 6.02. The van der Waals surface area contributed by atoms with Gasteiger partial charge in [-0.05, 0) is 59.1 Å². The van der Waals surface area contributed by atoms with Gasteiger partial charge in [-0.2, -0.15) is 0 Å². The van der Waals surface area contributed by atoms with Gasteiger partial charge in [0.2, 0.25) is 0 Å². The molecule has 0 aliphatic heterocycles. The summed E-state index contributed by atoms with van der Waals surface area (Å²) >= 11 is 0. The summed E-state index contributed by atoms with van der Waals surface area (Å²) in [5.74, 6) is 1.11. The van der Waals surface area contributed by atoms with Crippen molar-refractivity contribution in [1.29, 1.82) is 0 Å². The molecule has 1 atom stereocenters. The Morgan fingerprint density at radius 3 is 2.39 bits per heavy atom. The van der Waals surface area contributed by atoms with Crippen LogP contribution in [-0.4, -0.2) is 56.7 Å². The molecule has 1 aromatic rings. The Morgan fingerprint density at radius 1 is 1.26 bits per heavy atom. The highest BCUT2D eigenvalue weighted by atomic mass is 19.1. The number of likely N-dealkylation sites (N-methyl/N-ethyl adjacent to an activating group) is 1. The number of nitrogens with one attached hydrogen (secondary N) is 2. The van der Waals surface area contributed by atoms with E-state index < -0.39 is 0 Å². The van der Waals surface area contributed by atoms with E-state index in [1.165, 1.54) is 12.1 Å². The predicted molar refractivity (Wildman–Crippen MR) is 93.6 cm³/mol. The Kier molecular flexibility index (Phi) is 7.29. The van der Waals surface area contributed by atoms with E-state index in [2.05, 4.69) is 48.5 Å². The molecule has 0 aliphatic carbocycles. The number of ether oxygens (including phenoxy) is 1. The molecule has 0 aromatic heterocycles. The van der Waals surface area contributed by atoms with E-state index in [0.717, 1.165) is 12.5 Å². The quantitative estimate of drug-likeness (QED) is 0.596. The van der Waals surface area contributed by atoms with Gasteiger partial charge in [-0.3, -0.25) is 4.99 Å². The van der Waals surface area contributed by atoms with Crippen LogP contribution in [0.5, 0.6) is 5.75 Å². The van der Waals surface area contributed by atoms with Crippen LogP contribution >= 0.6 is 0 Å². The number of hydrogen-bond donors (Lipinski definition) is 2. The van der Waals surface area contributed by atoms with Gasteiger partial charge in [0.25, 0.3) is 0 Å². The maximum absolute atomic E-state index is 12.9. The molecule has 1 unspecified atom stereocenters. The second-order valence-corrected chi connectivity index (χ2v) is 6.40. The third-order valence-electron chi connectivity index (χ3n) is 3.83. The highest BCUT2D eigenvalue weighted by Crippen LogP contribution is 2.12. The van der Waals surface area contributed by atoms with Gasteiger partial charge in [0.15, 0.2) is 5.96 Å². The average Bonchev–Trinajstić information content (AvgIpc) is 2.49. The molecule has 130 valence electrons. The number of hydrogen-bond acceptors (Lipinski definition) is 3. The maximum Gasteiger partial charge on any atom is 0.191 e. The minimum absolute atomic E-state index is 0.0217. The molecule has 0 amide bonds. The topological polar surface area (TPSA) is 48.9 Å².